The average molecular weight is 330 g/mol. The summed E-state index contributed by atoms with van der Waals surface area (Å²) in [5.74, 6) is -0.0677. The number of benzene rings is 1. The minimum Gasteiger partial charge on any atom is -0.507 e. The molecule has 1 unspecified atom stereocenters. The van der Waals surface area contributed by atoms with E-state index in [0.717, 1.165) is 44.3 Å². The first-order chi connectivity index (χ1) is 11.6. The van der Waals surface area contributed by atoms with E-state index in [9.17, 15) is 14.7 Å². The minimum absolute atomic E-state index is 0.0180. The van der Waals surface area contributed by atoms with Gasteiger partial charge in [-0.05, 0) is 56.7 Å². The van der Waals surface area contributed by atoms with Gasteiger partial charge in [-0.2, -0.15) is 0 Å². The van der Waals surface area contributed by atoms with Gasteiger partial charge in [-0.3, -0.25) is 9.59 Å². The third-order valence-electron chi connectivity index (χ3n) is 5.11. The monoisotopic (exact) mass is 330 g/mol. The maximum Gasteiger partial charge on any atom is 0.257 e. The zero-order valence-corrected chi connectivity index (χ0v) is 14.3. The third-order valence-corrected chi connectivity index (χ3v) is 5.11. The molecule has 1 aromatic carbocycles. The summed E-state index contributed by atoms with van der Waals surface area (Å²) in [5, 5.41) is 10.0. The summed E-state index contributed by atoms with van der Waals surface area (Å²) in [6.07, 6.45) is 5.05. The van der Waals surface area contributed by atoms with Crippen LogP contribution >= 0.6 is 0 Å². The van der Waals surface area contributed by atoms with E-state index in [4.69, 9.17) is 0 Å². The van der Waals surface area contributed by atoms with Crippen molar-refractivity contribution in [3.63, 3.8) is 0 Å². The van der Waals surface area contributed by atoms with Crippen LogP contribution in [0.2, 0.25) is 0 Å². The van der Waals surface area contributed by atoms with Crippen molar-refractivity contribution in [3.05, 3.63) is 29.3 Å². The number of carbonyl (C=O) groups is 2. The highest BCUT2D eigenvalue weighted by molar-refractivity contribution is 5.97. The topological polar surface area (TPSA) is 60.9 Å². The number of aryl methyl sites for hydroxylation is 1. The van der Waals surface area contributed by atoms with Crippen LogP contribution in [0.4, 0.5) is 0 Å². The van der Waals surface area contributed by atoms with Crippen molar-refractivity contribution in [3.8, 4) is 5.75 Å². The second kappa shape index (κ2) is 7.24. The molecule has 5 heteroatoms. The molecule has 1 aromatic rings. The van der Waals surface area contributed by atoms with Crippen LogP contribution in [0.5, 0.6) is 5.75 Å². The number of nitrogens with zero attached hydrogens (tertiary/aromatic N) is 2. The number of likely N-dealkylation sites (tertiary alicyclic amines) is 2. The quantitative estimate of drug-likeness (QED) is 0.906. The van der Waals surface area contributed by atoms with Crippen LogP contribution in [-0.4, -0.2) is 52.9 Å². The van der Waals surface area contributed by atoms with Crippen LogP contribution in [0.1, 0.15) is 48.0 Å². The fourth-order valence-corrected chi connectivity index (χ4v) is 3.73. The normalized spacial score (nSPS) is 21.6. The van der Waals surface area contributed by atoms with Gasteiger partial charge in [0.15, 0.2) is 0 Å². The van der Waals surface area contributed by atoms with Gasteiger partial charge >= 0.3 is 0 Å². The number of aromatic hydroxyl groups is 1. The molecule has 0 aromatic heterocycles. The van der Waals surface area contributed by atoms with Gasteiger partial charge in [0.25, 0.3) is 5.91 Å². The molecule has 0 bridgehead atoms. The second-order valence-electron chi connectivity index (χ2n) is 7.00. The second-order valence-corrected chi connectivity index (χ2v) is 7.00. The molecule has 1 N–H and O–H groups in total. The highest BCUT2D eigenvalue weighted by Crippen LogP contribution is 2.25. The molecule has 1 atom stereocenters. The fourth-order valence-electron chi connectivity index (χ4n) is 3.73. The van der Waals surface area contributed by atoms with Gasteiger partial charge in [0.1, 0.15) is 5.75 Å². The SMILES string of the molecule is Cc1ccc(C(=O)N2CCCC(C(=O)N3CCCCC3)C2)c(O)c1. The maximum atomic E-state index is 12.7. The first-order valence-electron chi connectivity index (χ1n) is 8.94. The Morgan fingerprint density at radius 2 is 1.75 bits per heavy atom. The number of amides is 2. The van der Waals surface area contributed by atoms with Crippen molar-refractivity contribution in [2.45, 2.75) is 39.0 Å². The highest BCUT2D eigenvalue weighted by Gasteiger charge is 2.32. The zero-order valence-electron chi connectivity index (χ0n) is 14.3. The first-order valence-corrected chi connectivity index (χ1v) is 8.94. The largest absolute Gasteiger partial charge is 0.507 e. The van der Waals surface area contributed by atoms with Gasteiger partial charge in [-0.15, -0.1) is 0 Å². The number of hydrogen-bond donors (Lipinski definition) is 1. The standard InChI is InChI=1S/C19H26N2O3/c1-14-7-8-16(17(22)12-14)19(24)21-11-5-6-15(13-21)18(23)20-9-3-2-4-10-20/h7-8,12,15,22H,2-6,9-11,13H2,1H3. The van der Waals surface area contributed by atoms with Crippen LogP contribution in [0.15, 0.2) is 18.2 Å². The Balaban J connectivity index is 1.68. The third kappa shape index (κ3) is 3.55. The lowest BCUT2D eigenvalue weighted by Crippen LogP contribution is -2.47. The van der Waals surface area contributed by atoms with Crippen LogP contribution in [0, 0.1) is 12.8 Å². The lowest BCUT2D eigenvalue weighted by Gasteiger charge is -2.36. The average Bonchev–Trinajstić information content (AvgIpc) is 2.61. The number of hydrogen-bond acceptors (Lipinski definition) is 3. The predicted octanol–water partition coefficient (Wildman–Crippen LogP) is 2.57. The summed E-state index contributed by atoms with van der Waals surface area (Å²) in [7, 11) is 0. The summed E-state index contributed by atoms with van der Waals surface area (Å²) in [5.41, 5.74) is 1.24. The van der Waals surface area contributed by atoms with E-state index in [0.29, 0.717) is 18.7 Å². The van der Waals surface area contributed by atoms with Gasteiger partial charge in [0.05, 0.1) is 11.5 Å². The smallest absolute Gasteiger partial charge is 0.257 e. The Bertz CT molecular complexity index is 623. The molecule has 0 saturated carbocycles. The fraction of sp³-hybridized carbons (Fsp3) is 0.579. The maximum absolute atomic E-state index is 12.7. The molecule has 2 aliphatic heterocycles. The lowest BCUT2D eigenvalue weighted by atomic mass is 9.94. The Hall–Kier alpha value is -2.04. The summed E-state index contributed by atoms with van der Waals surface area (Å²) in [4.78, 5) is 29.1. The van der Waals surface area contributed by atoms with E-state index in [-0.39, 0.29) is 23.5 Å². The molecule has 2 fully saturated rings. The number of phenolic OH excluding ortho intramolecular Hbond substituents is 1. The Kier molecular flexibility index (Phi) is 5.07. The molecule has 0 aliphatic carbocycles. The molecule has 0 spiro atoms. The molecule has 2 saturated heterocycles. The molecular formula is C19H26N2O3. The molecule has 130 valence electrons. The lowest BCUT2D eigenvalue weighted by molar-refractivity contribution is -0.137. The Morgan fingerprint density at radius 1 is 1.04 bits per heavy atom. The molecule has 24 heavy (non-hydrogen) atoms. The van der Waals surface area contributed by atoms with E-state index in [1.807, 2.05) is 17.9 Å². The first kappa shape index (κ1) is 16.8. The van der Waals surface area contributed by atoms with E-state index < -0.39 is 0 Å². The van der Waals surface area contributed by atoms with Crippen molar-refractivity contribution in [1.82, 2.24) is 9.80 Å². The van der Waals surface area contributed by atoms with Gasteiger partial charge in [0.2, 0.25) is 5.91 Å². The molecular weight excluding hydrogens is 304 g/mol. The molecule has 2 aliphatic rings. The number of piperidine rings is 2. The van der Waals surface area contributed by atoms with Crippen molar-refractivity contribution < 1.29 is 14.7 Å². The van der Waals surface area contributed by atoms with Gasteiger partial charge in [-0.1, -0.05) is 6.07 Å². The van der Waals surface area contributed by atoms with Crippen LogP contribution in [0.25, 0.3) is 0 Å². The molecule has 3 rings (SSSR count). The minimum atomic E-state index is -0.177. The Labute approximate surface area is 143 Å². The number of phenols is 1. The van der Waals surface area contributed by atoms with Gasteiger partial charge in [-0.25, -0.2) is 0 Å². The zero-order chi connectivity index (χ0) is 17.1. The van der Waals surface area contributed by atoms with E-state index in [1.165, 1.54) is 6.42 Å². The van der Waals surface area contributed by atoms with E-state index >= 15 is 0 Å². The molecule has 5 nitrogen and oxygen atoms in total. The summed E-state index contributed by atoms with van der Waals surface area (Å²) < 4.78 is 0. The predicted molar refractivity (Wildman–Crippen MR) is 91.9 cm³/mol. The summed E-state index contributed by atoms with van der Waals surface area (Å²) in [6, 6.07) is 5.10. The van der Waals surface area contributed by atoms with Crippen molar-refractivity contribution in [1.29, 1.82) is 0 Å². The number of carbonyl (C=O) groups excluding carboxylic acids is 2. The van der Waals surface area contributed by atoms with Crippen molar-refractivity contribution in [2.24, 2.45) is 5.92 Å². The van der Waals surface area contributed by atoms with Crippen molar-refractivity contribution >= 4 is 11.8 Å². The summed E-state index contributed by atoms with van der Waals surface area (Å²) in [6.45, 7) is 4.68. The Morgan fingerprint density at radius 3 is 2.46 bits per heavy atom. The molecule has 2 amide bonds. The highest BCUT2D eigenvalue weighted by atomic mass is 16.3. The van der Waals surface area contributed by atoms with Gasteiger partial charge in [0, 0.05) is 26.2 Å². The number of rotatable bonds is 2. The summed E-state index contributed by atoms with van der Waals surface area (Å²) >= 11 is 0. The van der Waals surface area contributed by atoms with E-state index in [2.05, 4.69) is 0 Å². The molecule has 2 heterocycles. The van der Waals surface area contributed by atoms with Gasteiger partial charge < -0.3 is 14.9 Å². The van der Waals surface area contributed by atoms with Crippen LogP contribution in [-0.2, 0) is 4.79 Å². The van der Waals surface area contributed by atoms with Crippen molar-refractivity contribution in [2.75, 3.05) is 26.2 Å². The van der Waals surface area contributed by atoms with Crippen LogP contribution < -0.4 is 0 Å². The van der Waals surface area contributed by atoms with Crippen LogP contribution in [0.3, 0.4) is 0 Å². The molecule has 0 radical (unpaired) electrons. The van der Waals surface area contributed by atoms with E-state index in [1.54, 1.807) is 17.0 Å².